The van der Waals surface area contributed by atoms with Gasteiger partial charge in [0.05, 0.1) is 11.6 Å². The van der Waals surface area contributed by atoms with Crippen molar-refractivity contribution in [1.29, 1.82) is 0 Å². The third-order valence-corrected chi connectivity index (χ3v) is 3.84. The van der Waals surface area contributed by atoms with Crippen molar-refractivity contribution in [2.75, 3.05) is 0 Å². The van der Waals surface area contributed by atoms with E-state index in [1.165, 1.54) is 12.3 Å². The van der Waals surface area contributed by atoms with E-state index in [-0.39, 0.29) is 17.6 Å². The van der Waals surface area contributed by atoms with Crippen LogP contribution in [0.1, 0.15) is 25.8 Å². The smallest absolute Gasteiger partial charge is 0.323 e. The molecule has 1 fully saturated rings. The predicted octanol–water partition coefficient (Wildman–Crippen LogP) is 2.61. The molecule has 0 aliphatic carbocycles. The van der Waals surface area contributed by atoms with Gasteiger partial charge in [-0.25, -0.2) is 9.78 Å². The van der Waals surface area contributed by atoms with E-state index >= 15 is 0 Å². The molecule has 1 unspecified atom stereocenters. The summed E-state index contributed by atoms with van der Waals surface area (Å²) in [6, 6.07) is 1.07. The van der Waals surface area contributed by atoms with Gasteiger partial charge < -0.3 is 5.32 Å². The zero-order valence-electron chi connectivity index (χ0n) is 10.5. The Balaban J connectivity index is 2.24. The van der Waals surface area contributed by atoms with Crippen LogP contribution in [0.4, 0.5) is 4.79 Å². The van der Waals surface area contributed by atoms with Gasteiger partial charge in [-0.3, -0.25) is 9.69 Å². The Kier molecular flexibility index (Phi) is 3.69. The normalized spacial score (nSPS) is 22.8. The number of nitrogens with one attached hydrogen (secondary N) is 1. The molecule has 1 aliphatic heterocycles. The number of halogens is 2. The van der Waals surface area contributed by atoms with Gasteiger partial charge >= 0.3 is 6.03 Å². The number of urea groups is 1. The highest BCUT2D eigenvalue weighted by molar-refractivity contribution is 6.34. The van der Waals surface area contributed by atoms with E-state index in [0.717, 1.165) is 4.90 Å². The lowest BCUT2D eigenvalue weighted by atomic mass is 9.99. The van der Waals surface area contributed by atoms with Gasteiger partial charge in [0, 0.05) is 11.8 Å². The molecule has 7 heteroatoms. The maximum absolute atomic E-state index is 12.2. The van der Waals surface area contributed by atoms with E-state index < -0.39 is 11.6 Å². The predicted molar refractivity (Wildman–Crippen MR) is 72.0 cm³/mol. The summed E-state index contributed by atoms with van der Waals surface area (Å²) in [5.41, 5.74) is -0.265. The number of hydrogen-bond acceptors (Lipinski definition) is 3. The van der Waals surface area contributed by atoms with Crippen LogP contribution >= 0.6 is 23.2 Å². The SMILES string of the molecule is CCC1(C)NC(=O)N(Cc2cnc(Cl)cc2Cl)C1=O. The van der Waals surface area contributed by atoms with Crippen molar-refractivity contribution >= 4 is 35.1 Å². The quantitative estimate of drug-likeness (QED) is 0.689. The Morgan fingerprint density at radius 1 is 1.42 bits per heavy atom. The van der Waals surface area contributed by atoms with Gasteiger partial charge in [0.1, 0.15) is 10.7 Å². The number of carbonyl (C=O) groups is 2. The van der Waals surface area contributed by atoms with Gasteiger partial charge in [0.15, 0.2) is 0 Å². The van der Waals surface area contributed by atoms with Crippen molar-refractivity contribution in [2.45, 2.75) is 32.4 Å². The molecule has 0 saturated carbocycles. The van der Waals surface area contributed by atoms with Crippen LogP contribution in [-0.4, -0.2) is 27.4 Å². The molecule has 0 bridgehead atoms. The summed E-state index contributed by atoms with van der Waals surface area (Å²) >= 11 is 11.7. The maximum Gasteiger partial charge on any atom is 0.325 e. The molecule has 1 N–H and O–H groups in total. The first-order valence-corrected chi connectivity index (χ1v) is 6.57. The van der Waals surface area contributed by atoms with Crippen molar-refractivity contribution in [3.63, 3.8) is 0 Å². The number of carbonyl (C=O) groups excluding carboxylic acids is 2. The highest BCUT2D eigenvalue weighted by Gasteiger charge is 2.46. The van der Waals surface area contributed by atoms with Crippen LogP contribution in [-0.2, 0) is 11.3 Å². The highest BCUT2D eigenvalue weighted by Crippen LogP contribution is 2.25. The molecule has 19 heavy (non-hydrogen) atoms. The molecule has 2 heterocycles. The second kappa shape index (κ2) is 4.98. The van der Waals surface area contributed by atoms with Crippen LogP contribution in [0.25, 0.3) is 0 Å². The minimum absolute atomic E-state index is 0.0866. The highest BCUT2D eigenvalue weighted by atomic mass is 35.5. The van der Waals surface area contributed by atoms with Crippen molar-refractivity contribution in [3.05, 3.63) is 28.0 Å². The molecule has 2 rings (SSSR count). The van der Waals surface area contributed by atoms with Crippen molar-refractivity contribution in [2.24, 2.45) is 0 Å². The van der Waals surface area contributed by atoms with Crippen LogP contribution in [0.5, 0.6) is 0 Å². The fourth-order valence-electron chi connectivity index (χ4n) is 1.85. The average Bonchev–Trinajstić information content (AvgIpc) is 2.56. The molecule has 1 aromatic heterocycles. The van der Waals surface area contributed by atoms with Crippen LogP contribution in [0.3, 0.4) is 0 Å². The van der Waals surface area contributed by atoms with Crippen LogP contribution in [0.15, 0.2) is 12.3 Å². The third-order valence-electron chi connectivity index (χ3n) is 3.28. The number of pyridine rings is 1. The molecule has 1 atom stereocenters. The monoisotopic (exact) mass is 301 g/mol. The molecule has 1 saturated heterocycles. The van der Waals surface area contributed by atoms with Gasteiger partial charge in [0.25, 0.3) is 5.91 Å². The number of imide groups is 1. The number of aromatic nitrogens is 1. The fraction of sp³-hybridized carbons (Fsp3) is 0.417. The molecule has 5 nitrogen and oxygen atoms in total. The first-order chi connectivity index (χ1) is 8.87. The number of nitrogens with zero attached hydrogens (tertiary/aromatic N) is 2. The molecule has 0 aromatic carbocycles. The van der Waals surface area contributed by atoms with E-state index in [2.05, 4.69) is 10.3 Å². The number of rotatable bonds is 3. The minimum Gasteiger partial charge on any atom is -0.323 e. The second-order valence-electron chi connectivity index (χ2n) is 4.61. The molecule has 0 spiro atoms. The van der Waals surface area contributed by atoms with Crippen molar-refractivity contribution < 1.29 is 9.59 Å². The first-order valence-electron chi connectivity index (χ1n) is 5.81. The summed E-state index contributed by atoms with van der Waals surface area (Å²) in [6.07, 6.45) is 1.99. The summed E-state index contributed by atoms with van der Waals surface area (Å²) in [6.45, 7) is 3.64. The Hall–Kier alpha value is -1.33. The van der Waals surface area contributed by atoms with E-state index in [1.807, 2.05) is 6.92 Å². The molecule has 3 amide bonds. The Morgan fingerprint density at radius 3 is 2.63 bits per heavy atom. The van der Waals surface area contributed by atoms with Gasteiger partial charge in [0.2, 0.25) is 0 Å². The Labute approximate surface area is 120 Å². The zero-order valence-corrected chi connectivity index (χ0v) is 12.0. The first kappa shape index (κ1) is 14.1. The van der Waals surface area contributed by atoms with E-state index in [1.54, 1.807) is 6.92 Å². The summed E-state index contributed by atoms with van der Waals surface area (Å²) < 4.78 is 0. The van der Waals surface area contributed by atoms with Gasteiger partial charge in [-0.05, 0) is 19.4 Å². The van der Waals surface area contributed by atoms with Crippen LogP contribution in [0.2, 0.25) is 10.2 Å². The Morgan fingerprint density at radius 2 is 2.11 bits per heavy atom. The standard InChI is InChI=1S/C12H13Cl2N3O2/c1-3-12(2)10(18)17(11(19)16-12)6-7-5-15-9(14)4-8(7)13/h4-5H,3,6H2,1-2H3,(H,16,19). The topological polar surface area (TPSA) is 62.3 Å². The minimum atomic E-state index is -0.844. The summed E-state index contributed by atoms with van der Waals surface area (Å²) in [5, 5.41) is 3.33. The second-order valence-corrected chi connectivity index (χ2v) is 5.40. The summed E-state index contributed by atoms with van der Waals surface area (Å²) in [4.78, 5) is 29.1. The van der Waals surface area contributed by atoms with Crippen LogP contribution in [0, 0.1) is 0 Å². The Bertz CT molecular complexity index is 550. The fourth-order valence-corrected chi connectivity index (χ4v) is 2.28. The molecule has 102 valence electrons. The maximum atomic E-state index is 12.2. The largest absolute Gasteiger partial charge is 0.325 e. The number of hydrogen-bond donors (Lipinski definition) is 1. The molecular weight excluding hydrogens is 289 g/mol. The van der Waals surface area contributed by atoms with Crippen molar-refractivity contribution in [1.82, 2.24) is 15.2 Å². The molecule has 1 aromatic rings. The molecule has 0 radical (unpaired) electrons. The van der Waals surface area contributed by atoms with Crippen LogP contribution < -0.4 is 5.32 Å². The molecule has 1 aliphatic rings. The number of amides is 3. The third kappa shape index (κ3) is 2.53. The zero-order chi connectivity index (χ0) is 14.2. The van der Waals surface area contributed by atoms with Gasteiger partial charge in [-0.2, -0.15) is 0 Å². The van der Waals surface area contributed by atoms with E-state index in [9.17, 15) is 9.59 Å². The van der Waals surface area contributed by atoms with E-state index in [4.69, 9.17) is 23.2 Å². The lowest BCUT2D eigenvalue weighted by molar-refractivity contribution is -0.131. The van der Waals surface area contributed by atoms with Gasteiger partial charge in [-0.15, -0.1) is 0 Å². The van der Waals surface area contributed by atoms with E-state index in [0.29, 0.717) is 17.0 Å². The van der Waals surface area contributed by atoms with Crippen molar-refractivity contribution in [3.8, 4) is 0 Å². The average molecular weight is 302 g/mol. The summed E-state index contributed by atoms with van der Waals surface area (Å²) in [7, 11) is 0. The lowest BCUT2D eigenvalue weighted by Gasteiger charge is -2.19. The summed E-state index contributed by atoms with van der Waals surface area (Å²) in [5.74, 6) is -0.258. The molecular formula is C12H13Cl2N3O2. The van der Waals surface area contributed by atoms with Gasteiger partial charge in [-0.1, -0.05) is 30.1 Å². The lowest BCUT2D eigenvalue weighted by Crippen LogP contribution is -2.43.